The van der Waals surface area contributed by atoms with Crippen molar-refractivity contribution in [2.75, 3.05) is 33.3 Å². The molecule has 7 heteroatoms. The quantitative estimate of drug-likeness (QED) is 0.778. The van der Waals surface area contributed by atoms with Gasteiger partial charge in [0.15, 0.2) is 0 Å². The Labute approximate surface area is 115 Å². The lowest BCUT2D eigenvalue weighted by Crippen LogP contribution is -2.50. The van der Waals surface area contributed by atoms with Gasteiger partial charge < -0.3 is 14.5 Å². The summed E-state index contributed by atoms with van der Waals surface area (Å²) in [4.78, 5) is 30.7. The molecule has 1 aromatic heterocycles. The minimum atomic E-state index is -0.368. The van der Waals surface area contributed by atoms with Gasteiger partial charge in [0.05, 0.1) is 7.11 Å². The number of hydrogen-bond donors (Lipinski definition) is 0. The number of amides is 2. The lowest BCUT2D eigenvalue weighted by Gasteiger charge is -2.33. The number of aromatic nitrogens is 1. The molecule has 0 aromatic carbocycles. The van der Waals surface area contributed by atoms with Gasteiger partial charge in [0, 0.05) is 37.4 Å². The molecule has 1 aliphatic rings. The van der Waals surface area contributed by atoms with Gasteiger partial charge in [-0.1, -0.05) is 11.6 Å². The number of hydrogen-bond acceptors (Lipinski definition) is 4. The highest BCUT2D eigenvalue weighted by molar-refractivity contribution is 6.30. The van der Waals surface area contributed by atoms with Crippen molar-refractivity contribution in [3.8, 4) is 0 Å². The Kier molecular flexibility index (Phi) is 4.21. The van der Waals surface area contributed by atoms with Gasteiger partial charge in [-0.15, -0.1) is 0 Å². The minimum Gasteiger partial charge on any atom is -0.453 e. The number of ether oxygens (including phenoxy) is 1. The van der Waals surface area contributed by atoms with E-state index in [1.54, 1.807) is 15.9 Å². The molecule has 1 aliphatic heterocycles. The molecule has 1 fully saturated rings. The second-order valence-corrected chi connectivity index (χ2v) is 4.55. The van der Waals surface area contributed by atoms with Crippen LogP contribution >= 0.6 is 11.6 Å². The van der Waals surface area contributed by atoms with Gasteiger partial charge in [-0.25, -0.2) is 4.79 Å². The summed E-state index contributed by atoms with van der Waals surface area (Å²) in [5.74, 6) is -0.174. The standard InChI is InChI=1S/C12H14ClN3O3/c1-19-12(18)16-6-4-15(5-7-16)11(17)10-8-9(13)2-3-14-10/h2-3,8H,4-7H2,1H3. The number of methoxy groups -OCH3 is 1. The van der Waals surface area contributed by atoms with Crippen LogP contribution in [0.1, 0.15) is 10.5 Å². The van der Waals surface area contributed by atoms with Crippen molar-refractivity contribution in [2.24, 2.45) is 0 Å². The molecular weight excluding hydrogens is 270 g/mol. The van der Waals surface area contributed by atoms with Crippen LogP contribution < -0.4 is 0 Å². The molecule has 6 nitrogen and oxygen atoms in total. The Morgan fingerprint density at radius 2 is 1.89 bits per heavy atom. The smallest absolute Gasteiger partial charge is 0.409 e. The highest BCUT2D eigenvalue weighted by Gasteiger charge is 2.25. The average Bonchev–Trinajstić information content (AvgIpc) is 2.46. The predicted molar refractivity (Wildman–Crippen MR) is 69.1 cm³/mol. The summed E-state index contributed by atoms with van der Waals surface area (Å²) in [5.41, 5.74) is 0.319. The molecule has 0 atom stereocenters. The fourth-order valence-corrected chi connectivity index (χ4v) is 2.06. The minimum absolute atomic E-state index is 0.174. The van der Waals surface area contributed by atoms with E-state index in [0.29, 0.717) is 36.9 Å². The lowest BCUT2D eigenvalue weighted by molar-refractivity contribution is 0.0594. The first-order valence-corrected chi connectivity index (χ1v) is 6.23. The second-order valence-electron chi connectivity index (χ2n) is 4.11. The predicted octanol–water partition coefficient (Wildman–Crippen LogP) is 1.26. The van der Waals surface area contributed by atoms with Crippen molar-refractivity contribution in [3.63, 3.8) is 0 Å². The first-order chi connectivity index (χ1) is 9.11. The molecule has 2 rings (SSSR count). The zero-order valence-electron chi connectivity index (χ0n) is 10.5. The summed E-state index contributed by atoms with van der Waals surface area (Å²) in [6.07, 6.45) is 1.13. The van der Waals surface area contributed by atoms with E-state index in [9.17, 15) is 9.59 Å². The molecule has 0 unspecified atom stereocenters. The summed E-state index contributed by atoms with van der Waals surface area (Å²) in [6.45, 7) is 1.84. The third-order valence-electron chi connectivity index (χ3n) is 2.94. The van der Waals surface area contributed by atoms with Crippen LogP contribution in [-0.2, 0) is 4.74 Å². The Morgan fingerprint density at radius 3 is 2.47 bits per heavy atom. The molecule has 0 saturated carbocycles. The average molecular weight is 284 g/mol. The van der Waals surface area contributed by atoms with Crippen LogP contribution in [0.5, 0.6) is 0 Å². The third kappa shape index (κ3) is 3.14. The molecule has 2 heterocycles. The Morgan fingerprint density at radius 1 is 1.26 bits per heavy atom. The third-order valence-corrected chi connectivity index (χ3v) is 3.18. The first-order valence-electron chi connectivity index (χ1n) is 5.85. The van der Waals surface area contributed by atoms with Gasteiger partial charge in [-0.3, -0.25) is 9.78 Å². The number of piperazine rings is 1. The summed E-state index contributed by atoms with van der Waals surface area (Å²) in [5, 5.41) is 0.478. The maximum atomic E-state index is 12.2. The van der Waals surface area contributed by atoms with Crippen molar-refractivity contribution in [1.29, 1.82) is 0 Å². The van der Waals surface area contributed by atoms with Gasteiger partial charge in [0.2, 0.25) is 0 Å². The van der Waals surface area contributed by atoms with E-state index in [0.717, 1.165) is 0 Å². The Hall–Kier alpha value is -1.82. The number of carbonyl (C=O) groups is 2. The summed E-state index contributed by atoms with van der Waals surface area (Å²) in [7, 11) is 1.34. The Bertz CT molecular complexity index is 487. The number of pyridine rings is 1. The highest BCUT2D eigenvalue weighted by Crippen LogP contribution is 2.12. The number of halogens is 1. The van der Waals surface area contributed by atoms with Crippen LogP contribution in [0.2, 0.25) is 5.02 Å². The SMILES string of the molecule is COC(=O)N1CCN(C(=O)c2cc(Cl)ccn2)CC1. The van der Waals surface area contributed by atoms with Crippen LogP contribution in [0.15, 0.2) is 18.3 Å². The first kappa shape index (κ1) is 13.6. The van der Waals surface area contributed by atoms with Crippen molar-refractivity contribution >= 4 is 23.6 Å². The maximum Gasteiger partial charge on any atom is 0.409 e. The molecular formula is C12H14ClN3O3. The number of rotatable bonds is 1. The van der Waals surface area contributed by atoms with Crippen molar-refractivity contribution < 1.29 is 14.3 Å². The van der Waals surface area contributed by atoms with Crippen molar-refractivity contribution in [3.05, 3.63) is 29.0 Å². The summed E-state index contributed by atoms with van der Waals surface area (Å²) < 4.78 is 4.64. The summed E-state index contributed by atoms with van der Waals surface area (Å²) in [6, 6.07) is 3.16. The topological polar surface area (TPSA) is 62.7 Å². The highest BCUT2D eigenvalue weighted by atomic mass is 35.5. The molecule has 1 aromatic rings. The van der Waals surface area contributed by atoms with Gasteiger partial charge in [0.25, 0.3) is 5.91 Å². The lowest BCUT2D eigenvalue weighted by atomic mass is 10.2. The number of carbonyl (C=O) groups excluding carboxylic acids is 2. The molecule has 0 N–H and O–H groups in total. The molecule has 0 spiro atoms. The van der Waals surface area contributed by atoms with Crippen LogP contribution in [0.25, 0.3) is 0 Å². The van der Waals surface area contributed by atoms with Crippen LogP contribution in [-0.4, -0.2) is 60.1 Å². The monoisotopic (exact) mass is 283 g/mol. The van der Waals surface area contributed by atoms with Gasteiger partial charge >= 0.3 is 6.09 Å². The molecule has 0 aliphatic carbocycles. The molecule has 102 valence electrons. The van der Waals surface area contributed by atoms with Gasteiger partial charge in [0.1, 0.15) is 5.69 Å². The van der Waals surface area contributed by atoms with Gasteiger partial charge in [-0.05, 0) is 12.1 Å². The van der Waals surface area contributed by atoms with Gasteiger partial charge in [-0.2, -0.15) is 0 Å². The van der Waals surface area contributed by atoms with E-state index < -0.39 is 0 Å². The van der Waals surface area contributed by atoms with E-state index in [1.165, 1.54) is 19.4 Å². The van der Waals surface area contributed by atoms with Crippen LogP contribution in [0, 0.1) is 0 Å². The molecule has 0 bridgehead atoms. The zero-order chi connectivity index (χ0) is 13.8. The van der Waals surface area contributed by atoms with E-state index >= 15 is 0 Å². The zero-order valence-corrected chi connectivity index (χ0v) is 11.3. The van der Waals surface area contributed by atoms with E-state index in [2.05, 4.69) is 9.72 Å². The van der Waals surface area contributed by atoms with Crippen LogP contribution in [0.4, 0.5) is 4.79 Å². The molecule has 0 radical (unpaired) electrons. The van der Waals surface area contributed by atoms with E-state index in [4.69, 9.17) is 11.6 Å². The normalized spacial score (nSPS) is 15.3. The van der Waals surface area contributed by atoms with Crippen molar-refractivity contribution in [2.45, 2.75) is 0 Å². The molecule has 1 saturated heterocycles. The maximum absolute atomic E-state index is 12.2. The van der Waals surface area contributed by atoms with Crippen molar-refractivity contribution in [1.82, 2.24) is 14.8 Å². The Balaban J connectivity index is 1.98. The molecule has 19 heavy (non-hydrogen) atoms. The van der Waals surface area contributed by atoms with Crippen LogP contribution in [0.3, 0.4) is 0 Å². The fourth-order valence-electron chi connectivity index (χ4n) is 1.90. The second kappa shape index (κ2) is 5.88. The number of nitrogens with zero attached hydrogens (tertiary/aromatic N) is 3. The van der Waals surface area contributed by atoms with E-state index in [-0.39, 0.29) is 12.0 Å². The summed E-state index contributed by atoms with van der Waals surface area (Å²) >= 11 is 5.83. The fraction of sp³-hybridized carbons (Fsp3) is 0.417. The van der Waals surface area contributed by atoms with E-state index in [1.807, 2.05) is 0 Å². The largest absolute Gasteiger partial charge is 0.453 e. The molecule has 2 amide bonds.